The molecule has 0 aliphatic carbocycles. The van der Waals surface area contributed by atoms with Crippen LogP contribution in [0.5, 0.6) is 0 Å². The third-order valence-electron chi connectivity index (χ3n) is 5.38. The number of carbonyl (C=O) groups excluding carboxylic acids is 1. The van der Waals surface area contributed by atoms with Crippen molar-refractivity contribution < 1.29 is 4.79 Å². The first kappa shape index (κ1) is 18.6. The summed E-state index contributed by atoms with van der Waals surface area (Å²) in [6.07, 6.45) is 7.80. The van der Waals surface area contributed by atoms with Crippen molar-refractivity contribution in [2.24, 2.45) is 11.8 Å². The van der Waals surface area contributed by atoms with Gasteiger partial charge in [-0.15, -0.1) is 0 Å². The van der Waals surface area contributed by atoms with Gasteiger partial charge >= 0.3 is 0 Å². The summed E-state index contributed by atoms with van der Waals surface area (Å²) in [6, 6.07) is 10.4. The molecular weight excluding hydrogens is 324 g/mol. The summed E-state index contributed by atoms with van der Waals surface area (Å²) in [6.45, 7) is 5.72. The molecule has 2 atom stereocenters. The SMILES string of the molecule is CC(CC(=O)NCc1nccn1CCc1ccccc1)C1CCCNC1. The van der Waals surface area contributed by atoms with Gasteiger partial charge in [0.25, 0.3) is 0 Å². The lowest BCUT2D eigenvalue weighted by atomic mass is 9.85. The first-order valence-electron chi connectivity index (χ1n) is 9.73. The Morgan fingerprint density at radius 3 is 3.00 bits per heavy atom. The Balaban J connectivity index is 1.44. The van der Waals surface area contributed by atoms with E-state index in [0.29, 0.717) is 24.8 Å². The molecule has 0 bridgehead atoms. The predicted molar refractivity (Wildman–Crippen MR) is 104 cm³/mol. The number of hydrogen-bond acceptors (Lipinski definition) is 3. The molecule has 3 rings (SSSR count). The van der Waals surface area contributed by atoms with Gasteiger partial charge in [-0.2, -0.15) is 0 Å². The summed E-state index contributed by atoms with van der Waals surface area (Å²) in [5.41, 5.74) is 1.31. The fraction of sp³-hybridized carbons (Fsp3) is 0.524. The third-order valence-corrected chi connectivity index (χ3v) is 5.38. The molecule has 2 heterocycles. The number of nitrogens with zero attached hydrogens (tertiary/aromatic N) is 2. The summed E-state index contributed by atoms with van der Waals surface area (Å²) >= 11 is 0. The average molecular weight is 354 g/mol. The minimum Gasteiger partial charge on any atom is -0.349 e. The zero-order valence-electron chi connectivity index (χ0n) is 15.7. The van der Waals surface area contributed by atoms with Crippen LogP contribution in [0.4, 0.5) is 0 Å². The summed E-state index contributed by atoms with van der Waals surface area (Å²) in [7, 11) is 0. The van der Waals surface area contributed by atoms with Crippen LogP contribution in [-0.2, 0) is 24.3 Å². The summed E-state index contributed by atoms with van der Waals surface area (Å²) in [5, 5.41) is 6.48. The van der Waals surface area contributed by atoms with E-state index in [-0.39, 0.29) is 5.91 Å². The van der Waals surface area contributed by atoms with E-state index in [1.54, 1.807) is 0 Å². The highest BCUT2D eigenvalue weighted by Crippen LogP contribution is 2.22. The third kappa shape index (κ3) is 5.43. The molecule has 1 saturated heterocycles. The molecule has 2 N–H and O–H groups in total. The Morgan fingerprint density at radius 2 is 2.23 bits per heavy atom. The molecule has 0 radical (unpaired) electrons. The quantitative estimate of drug-likeness (QED) is 0.766. The van der Waals surface area contributed by atoms with E-state index >= 15 is 0 Å². The highest BCUT2D eigenvalue weighted by atomic mass is 16.1. The number of benzene rings is 1. The van der Waals surface area contributed by atoms with Crippen molar-refractivity contribution in [2.45, 2.75) is 45.7 Å². The van der Waals surface area contributed by atoms with Gasteiger partial charge in [0, 0.05) is 25.4 Å². The van der Waals surface area contributed by atoms with Crippen LogP contribution in [0.15, 0.2) is 42.7 Å². The Hall–Kier alpha value is -2.14. The van der Waals surface area contributed by atoms with E-state index in [4.69, 9.17) is 0 Å². The van der Waals surface area contributed by atoms with E-state index in [9.17, 15) is 4.79 Å². The van der Waals surface area contributed by atoms with Gasteiger partial charge in [0.2, 0.25) is 5.91 Å². The van der Waals surface area contributed by atoms with Crippen LogP contribution in [0.3, 0.4) is 0 Å². The smallest absolute Gasteiger partial charge is 0.220 e. The largest absolute Gasteiger partial charge is 0.349 e. The van der Waals surface area contributed by atoms with Gasteiger partial charge < -0.3 is 15.2 Å². The molecule has 1 aliphatic rings. The molecule has 1 fully saturated rings. The molecular formula is C21H30N4O. The molecule has 1 amide bonds. The number of aryl methyl sites for hydroxylation is 2. The fourth-order valence-electron chi connectivity index (χ4n) is 3.68. The molecule has 26 heavy (non-hydrogen) atoms. The van der Waals surface area contributed by atoms with Gasteiger partial charge in [-0.05, 0) is 49.8 Å². The first-order valence-corrected chi connectivity index (χ1v) is 9.73. The molecule has 2 aromatic rings. The van der Waals surface area contributed by atoms with Crippen LogP contribution in [0.2, 0.25) is 0 Å². The molecule has 140 valence electrons. The highest BCUT2D eigenvalue weighted by Gasteiger charge is 2.22. The lowest BCUT2D eigenvalue weighted by molar-refractivity contribution is -0.122. The lowest BCUT2D eigenvalue weighted by Gasteiger charge is -2.28. The molecule has 0 saturated carbocycles. The van der Waals surface area contributed by atoms with Gasteiger partial charge in [0.15, 0.2) is 0 Å². The highest BCUT2D eigenvalue weighted by molar-refractivity contribution is 5.76. The van der Waals surface area contributed by atoms with E-state index < -0.39 is 0 Å². The molecule has 2 unspecified atom stereocenters. The minimum absolute atomic E-state index is 0.126. The van der Waals surface area contributed by atoms with Gasteiger partial charge in [-0.3, -0.25) is 4.79 Å². The number of rotatable bonds is 8. The maximum Gasteiger partial charge on any atom is 0.220 e. The normalized spacial score (nSPS) is 18.4. The monoisotopic (exact) mass is 354 g/mol. The van der Waals surface area contributed by atoms with Gasteiger partial charge in [-0.25, -0.2) is 4.98 Å². The van der Waals surface area contributed by atoms with E-state index in [0.717, 1.165) is 31.9 Å². The molecule has 5 nitrogen and oxygen atoms in total. The van der Waals surface area contributed by atoms with Crippen molar-refractivity contribution in [3.63, 3.8) is 0 Å². The zero-order valence-corrected chi connectivity index (χ0v) is 15.7. The average Bonchev–Trinajstić information content (AvgIpc) is 3.13. The van der Waals surface area contributed by atoms with Crippen LogP contribution < -0.4 is 10.6 Å². The van der Waals surface area contributed by atoms with E-state index in [2.05, 4.69) is 51.4 Å². The number of nitrogens with one attached hydrogen (secondary N) is 2. The molecule has 5 heteroatoms. The van der Waals surface area contributed by atoms with Crippen molar-refractivity contribution in [1.82, 2.24) is 20.2 Å². The first-order chi connectivity index (χ1) is 12.7. The number of hydrogen-bond donors (Lipinski definition) is 2. The van der Waals surface area contributed by atoms with Crippen LogP contribution >= 0.6 is 0 Å². The minimum atomic E-state index is 0.126. The predicted octanol–water partition coefficient (Wildman–Crippen LogP) is 2.77. The summed E-state index contributed by atoms with van der Waals surface area (Å²) in [4.78, 5) is 16.7. The Morgan fingerprint density at radius 1 is 1.38 bits per heavy atom. The van der Waals surface area contributed by atoms with Crippen molar-refractivity contribution in [3.05, 3.63) is 54.1 Å². The second-order valence-corrected chi connectivity index (χ2v) is 7.34. The van der Waals surface area contributed by atoms with Crippen molar-refractivity contribution >= 4 is 5.91 Å². The number of carbonyl (C=O) groups is 1. The van der Waals surface area contributed by atoms with Gasteiger partial charge in [-0.1, -0.05) is 37.3 Å². The zero-order chi connectivity index (χ0) is 18.2. The Labute approximate surface area is 156 Å². The van der Waals surface area contributed by atoms with Gasteiger partial charge in [0.05, 0.1) is 6.54 Å². The molecule has 1 aromatic carbocycles. The van der Waals surface area contributed by atoms with E-state index in [1.165, 1.54) is 18.4 Å². The standard InChI is InChI=1S/C21H30N4O/c1-17(19-8-5-10-22-15-19)14-21(26)24-16-20-23-11-13-25(20)12-9-18-6-3-2-4-7-18/h2-4,6-7,11,13,17,19,22H,5,8-10,12,14-16H2,1H3,(H,24,26). The molecule has 0 spiro atoms. The second-order valence-electron chi connectivity index (χ2n) is 7.34. The van der Waals surface area contributed by atoms with Crippen molar-refractivity contribution in [1.29, 1.82) is 0 Å². The fourth-order valence-corrected chi connectivity index (χ4v) is 3.68. The van der Waals surface area contributed by atoms with Crippen molar-refractivity contribution in [2.75, 3.05) is 13.1 Å². The number of aromatic nitrogens is 2. The maximum absolute atomic E-state index is 12.3. The van der Waals surface area contributed by atoms with Crippen LogP contribution in [0, 0.1) is 11.8 Å². The van der Waals surface area contributed by atoms with Crippen LogP contribution in [-0.4, -0.2) is 28.5 Å². The van der Waals surface area contributed by atoms with Crippen LogP contribution in [0.1, 0.15) is 37.6 Å². The van der Waals surface area contributed by atoms with Crippen molar-refractivity contribution in [3.8, 4) is 0 Å². The molecule has 1 aliphatic heterocycles. The number of amides is 1. The second kappa shape index (κ2) is 9.53. The van der Waals surface area contributed by atoms with Crippen LogP contribution in [0.25, 0.3) is 0 Å². The topological polar surface area (TPSA) is 59.0 Å². The Kier molecular flexibility index (Phi) is 6.83. The number of imidazole rings is 1. The lowest BCUT2D eigenvalue weighted by Crippen LogP contribution is -2.35. The summed E-state index contributed by atoms with van der Waals surface area (Å²) < 4.78 is 2.13. The molecule has 1 aromatic heterocycles. The maximum atomic E-state index is 12.3. The summed E-state index contributed by atoms with van der Waals surface area (Å²) in [5.74, 6) is 2.07. The van der Waals surface area contributed by atoms with E-state index in [1.807, 2.05) is 18.5 Å². The van der Waals surface area contributed by atoms with Gasteiger partial charge in [0.1, 0.15) is 5.82 Å². The number of piperidine rings is 1. The Bertz CT molecular complexity index is 676.